The normalized spacial score (nSPS) is 13.9. The van der Waals surface area contributed by atoms with Gasteiger partial charge < -0.3 is 10.4 Å². The van der Waals surface area contributed by atoms with Crippen LogP contribution in [0.1, 0.15) is 25.8 Å². The zero-order chi connectivity index (χ0) is 16.0. The van der Waals surface area contributed by atoms with Crippen molar-refractivity contribution in [3.05, 3.63) is 39.9 Å². The number of carbonyl (C=O) groups excluding carboxylic acids is 1. The summed E-state index contributed by atoms with van der Waals surface area (Å²) >= 11 is 11.9. The fourth-order valence-electron chi connectivity index (χ4n) is 1.70. The maximum Gasteiger partial charge on any atom is 0.326 e. The zero-order valence-corrected chi connectivity index (χ0v) is 13.3. The summed E-state index contributed by atoms with van der Waals surface area (Å²) in [6.45, 7) is 3.64. The molecule has 2 atom stereocenters. The maximum absolute atomic E-state index is 11.8. The van der Waals surface area contributed by atoms with Crippen LogP contribution in [0.15, 0.2) is 24.3 Å². The average Bonchev–Trinajstić information content (AvgIpc) is 2.45. The summed E-state index contributed by atoms with van der Waals surface area (Å²) in [6, 6.07) is 4.15. The molecule has 0 aliphatic rings. The fraction of sp³-hybridized carbons (Fsp3) is 0.333. The molecule has 0 bridgehead atoms. The van der Waals surface area contributed by atoms with Gasteiger partial charge in [0.1, 0.15) is 6.04 Å². The van der Waals surface area contributed by atoms with Crippen LogP contribution in [0.2, 0.25) is 10.0 Å². The van der Waals surface area contributed by atoms with Crippen molar-refractivity contribution in [3.8, 4) is 0 Å². The van der Waals surface area contributed by atoms with Gasteiger partial charge in [0.2, 0.25) is 5.91 Å². The van der Waals surface area contributed by atoms with Crippen molar-refractivity contribution in [1.82, 2.24) is 5.32 Å². The van der Waals surface area contributed by atoms with E-state index in [2.05, 4.69) is 5.32 Å². The third-order valence-corrected chi connectivity index (χ3v) is 4.01. The van der Waals surface area contributed by atoms with Gasteiger partial charge in [-0.25, -0.2) is 4.79 Å². The molecular formula is C15H17Cl2NO3. The summed E-state index contributed by atoms with van der Waals surface area (Å²) in [5, 5.41) is 12.3. The molecule has 1 rings (SSSR count). The molecular weight excluding hydrogens is 313 g/mol. The van der Waals surface area contributed by atoms with Crippen LogP contribution in [0, 0.1) is 5.92 Å². The molecule has 0 spiro atoms. The number of halogens is 2. The van der Waals surface area contributed by atoms with Gasteiger partial charge in [-0.3, -0.25) is 4.79 Å². The van der Waals surface area contributed by atoms with Gasteiger partial charge in [-0.05, 0) is 23.6 Å². The van der Waals surface area contributed by atoms with Crippen molar-refractivity contribution in [2.75, 3.05) is 0 Å². The highest BCUT2D eigenvalue weighted by molar-refractivity contribution is 6.42. The van der Waals surface area contributed by atoms with Crippen molar-refractivity contribution in [2.45, 2.75) is 26.3 Å². The molecule has 0 saturated carbocycles. The molecule has 1 aromatic carbocycles. The highest BCUT2D eigenvalue weighted by Crippen LogP contribution is 2.26. The summed E-state index contributed by atoms with van der Waals surface area (Å²) in [7, 11) is 0. The Morgan fingerprint density at radius 2 is 2.05 bits per heavy atom. The van der Waals surface area contributed by atoms with E-state index in [4.69, 9.17) is 28.3 Å². The van der Waals surface area contributed by atoms with Gasteiger partial charge in [0.15, 0.2) is 0 Å². The van der Waals surface area contributed by atoms with Crippen LogP contribution in [-0.2, 0) is 9.59 Å². The van der Waals surface area contributed by atoms with Gasteiger partial charge in [0.25, 0.3) is 0 Å². The van der Waals surface area contributed by atoms with Crippen molar-refractivity contribution in [2.24, 2.45) is 5.92 Å². The Balaban J connectivity index is 2.78. The number of aliphatic carboxylic acids is 1. The summed E-state index contributed by atoms with van der Waals surface area (Å²) in [6.07, 6.45) is 3.40. The van der Waals surface area contributed by atoms with Crippen LogP contribution in [0.3, 0.4) is 0 Å². The second-order valence-electron chi connectivity index (χ2n) is 4.69. The van der Waals surface area contributed by atoms with E-state index >= 15 is 0 Å². The molecule has 114 valence electrons. The second-order valence-corrected chi connectivity index (χ2v) is 5.47. The van der Waals surface area contributed by atoms with E-state index in [0.29, 0.717) is 22.0 Å². The van der Waals surface area contributed by atoms with Crippen molar-refractivity contribution in [1.29, 1.82) is 0 Å². The lowest BCUT2D eigenvalue weighted by Gasteiger charge is -2.19. The second kappa shape index (κ2) is 8.05. The molecule has 0 aliphatic heterocycles. The topological polar surface area (TPSA) is 66.4 Å². The minimum atomic E-state index is -1.05. The van der Waals surface area contributed by atoms with Gasteiger partial charge in [0, 0.05) is 6.08 Å². The SMILES string of the molecule is CC[C@H](C)[C@H](NC(=O)/C=C/c1cccc(Cl)c1Cl)C(=O)O. The van der Waals surface area contributed by atoms with Crippen LogP contribution < -0.4 is 5.32 Å². The molecule has 2 N–H and O–H groups in total. The molecule has 0 heterocycles. The molecule has 1 aromatic rings. The number of nitrogens with one attached hydrogen (secondary N) is 1. The number of carboxylic acid groups (broad SMARTS) is 1. The van der Waals surface area contributed by atoms with E-state index in [-0.39, 0.29) is 5.92 Å². The number of hydrogen-bond donors (Lipinski definition) is 2. The number of benzene rings is 1. The first kappa shape index (κ1) is 17.5. The predicted octanol–water partition coefficient (Wildman–Crippen LogP) is 3.62. The van der Waals surface area contributed by atoms with E-state index in [1.54, 1.807) is 25.1 Å². The summed E-state index contributed by atoms with van der Waals surface area (Å²) in [5.41, 5.74) is 0.592. The lowest BCUT2D eigenvalue weighted by atomic mass is 9.99. The van der Waals surface area contributed by atoms with Crippen LogP contribution in [-0.4, -0.2) is 23.0 Å². The number of carbonyl (C=O) groups is 2. The van der Waals surface area contributed by atoms with Crippen molar-refractivity contribution < 1.29 is 14.7 Å². The first-order chi connectivity index (χ1) is 9.86. The highest BCUT2D eigenvalue weighted by atomic mass is 35.5. The molecule has 0 aromatic heterocycles. The largest absolute Gasteiger partial charge is 0.480 e. The number of rotatable bonds is 6. The molecule has 6 heteroatoms. The molecule has 0 aliphatic carbocycles. The van der Waals surface area contributed by atoms with E-state index < -0.39 is 17.9 Å². The minimum Gasteiger partial charge on any atom is -0.480 e. The number of carboxylic acids is 1. The molecule has 0 unspecified atom stereocenters. The Morgan fingerprint density at radius 1 is 1.38 bits per heavy atom. The standard InChI is InChI=1S/C15H17Cl2NO3/c1-3-9(2)14(15(20)21)18-12(19)8-7-10-5-4-6-11(16)13(10)17/h4-9,14H,3H2,1-2H3,(H,18,19)(H,20,21)/b8-7+/t9-,14-/m0/s1. The Morgan fingerprint density at radius 3 is 2.62 bits per heavy atom. The molecule has 0 radical (unpaired) electrons. The summed E-state index contributed by atoms with van der Waals surface area (Å²) in [5.74, 6) is -1.69. The van der Waals surface area contributed by atoms with Gasteiger partial charge in [0.05, 0.1) is 10.0 Å². The molecule has 0 fully saturated rings. The first-order valence-electron chi connectivity index (χ1n) is 6.52. The van der Waals surface area contributed by atoms with E-state index in [1.807, 2.05) is 6.92 Å². The third-order valence-electron chi connectivity index (χ3n) is 3.17. The number of hydrogen-bond acceptors (Lipinski definition) is 2. The monoisotopic (exact) mass is 329 g/mol. The smallest absolute Gasteiger partial charge is 0.326 e. The maximum atomic E-state index is 11.8. The molecule has 21 heavy (non-hydrogen) atoms. The van der Waals surface area contributed by atoms with Crippen LogP contribution in [0.25, 0.3) is 6.08 Å². The van der Waals surface area contributed by atoms with Gasteiger partial charge in [-0.1, -0.05) is 55.6 Å². The lowest BCUT2D eigenvalue weighted by Crippen LogP contribution is -2.44. The molecule has 1 amide bonds. The Bertz CT molecular complexity index is 558. The van der Waals surface area contributed by atoms with Crippen molar-refractivity contribution >= 4 is 41.2 Å². The van der Waals surface area contributed by atoms with Crippen molar-refractivity contribution in [3.63, 3.8) is 0 Å². The first-order valence-corrected chi connectivity index (χ1v) is 7.27. The Hall–Kier alpha value is -1.52. The highest BCUT2D eigenvalue weighted by Gasteiger charge is 2.24. The Labute approximate surface area is 133 Å². The number of amides is 1. The summed E-state index contributed by atoms with van der Waals surface area (Å²) < 4.78 is 0. The summed E-state index contributed by atoms with van der Waals surface area (Å²) in [4.78, 5) is 22.9. The quantitative estimate of drug-likeness (QED) is 0.783. The van der Waals surface area contributed by atoms with Crippen LogP contribution in [0.5, 0.6) is 0 Å². The fourth-order valence-corrected chi connectivity index (χ4v) is 2.07. The zero-order valence-electron chi connectivity index (χ0n) is 11.8. The third kappa shape index (κ3) is 5.06. The van der Waals surface area contributed by atoms with Crippen LogP contribution in [0.4, 0.5) is 0 Å². The van der Waals surface area contributed by atoms with Gasteiger partial charge in [-0.2, -0.15) is 0 Å². The van der Waals surface area contributed by atoms with Gasteiger partial charge >= 0.3 is 5.97 Å². The van der Waals surface area contributed by atoms with Gasteiger partial charge in [-0.15, -0.1) is 0 Å². The average molecular weight is 330 g/mol. The Kier molecular flexibility index (Phi) is 6.72. The van der Waals surface area contributed by atoms with E-state index in [0.717, 1.165) is 0 Å². The van der Waals surface area contributed by atoms with E-state index in [9.17, 15) is 9.59 Å². The lowest BCUT2D eigenvalue weighted by molar-refractivity contribution is -0.142. The van der Waals surface area contributed by atoms with E-state index in [1.165, 1.54) is 12.2 Å². The predicted molar refractivity (Wildman–Crippen MR) is 84.5 cm³/mol. The molecule has 0 saturated heterocycles. The van der Waals surface area contributed by atoms with Crippen LogP contribution >= 0.6 is 23.2 Å². The minimum absolute atomic E-state index is 0.158. The molecule has 4 nitrogen and oxygen atoms in total.